The number of ether oxygens (including phenoxy) is 9. The minimum absolute atomic E-state index is 0.0186. The van der Waals surface area contributed by atoms with Crippen LogP contribution in [0.15, 0.2) is 0 Å². The molecule has 0 spiro atoms. The van der Waals surface area contributed by atoms with Crippen LogP contribution in [0.3, 0.4) is 0 Å². The van der Waals surface area contributed by atoms with E-state index in [2.05, 4.69) is 18.6 Å². The first-order valence-corrected chi connectivity index (χ1v) is 52.1. The van der Waals surface area contributed by atoms with Gasteiger partial charge in [0.2, 0.25) is 0 Å². The highest BCUT2D eigenvalue weighted by Gasteiger charge is 2.23. The van der Waals surface area contributed by atoms with Gasteiger partial charge in [0.05, 0.1) is 238 Å². The largest absolute Gasteiger partial charge is 0.394 e. The average molecular weight is 1790 g/mol. The Labute approximate surface area is 646 Å². The predicted molar refractivity (Wildman–Crippen MR) is 406 cm³/mol. The summed E-state index contributed by atoms with van der Waals surface area (Å²) in [5, 5.41) is 49.9. The summed E-state index contributed by atoms with van der Waals surface area (Å²) >= 11 is 0. The standard InChI is InChI=1S/C11H25O7P.C9H21O7P.2C7H17O5P.C5H13O4P.C5H11O3P.C5H13O3P.C4H11O6P.C4H9O3P/c1-13-4-6-15-8-10-17-19(3,12)18-11-9-16-7-5-14-2;1-17(12,15-8-6-13-4-2-10)16-9-7-14-5-3-11;1-9-4-5-11-6-7-12-13(3,8)10-2;1-3-11-13(2,9)12-7-6-10-5-4-8;1-3-8-10(2,7)9-5-4-6;1-9(6)7-4-2-3-5-8-9;1-4-7-9(3,6)8-5-2;1-11(7,9-3-2-5)10-8-4-6;1-8(5)6-3-2-4-7-8/h4-11H2,1-3H3;10-11H,2-9H2,1H3;4-7H2,1-3H3;8H,3-7H2,1-2H3;6H,3-5H2,1-2H3;2-5H2,1H3;4-5H2,1-3H3;5-6H,2-4H2,1H3;2-4H2,1H3. The molecule has 43 nitrogen and oxygen atoms in total. The van der Waals surface area contributed by atoms with Gasteiger partial charge in [-0.25, -0.2) is 0 Å². The van der Waals surface area contributed by atoms with Crippen LogP contribution >= 0.6 is 68.4 Å². The van der Waals surface area contributed by atoms with Crippen molar-refractivity contribution < 1.29 is 201 Å². The summed E-state index contributed by atoms with van der Waals surface area (Å²) in [6.45, 7) is 29.4. The topological polar surface area (TPSA) is 533 Å². The van der Waals surface area contributed by atoms with Gasteiger partial charge < -0.3 is 150 Å². The lowest BCUT2D eigenvalue weighted by molar-refractivity contribution is -0.259. The zero-order valence-electron chi connectivity index (χ0n) is 67.1. The van der Waals surface area contributed by atoms with E-state index in [0.717, 1.165) is 19.3 Å². The zero-order chi connectivity index (χ0) is 84.6. The van der Waals surface area contributed by atoms with E-state index in [4.69, 9.17) is 141 Å². The van der Waals surface area contributed by atoms with Gasteiger partial charge in [0.15, 0.2) is 6.79 Å². The molecule has 2 heterocycles. The molecule has 52 heteroatoms. The van der Waals surface area contributed by atoms with Gasteiger partial charge in [-0.2, -0.15) is 4.89 Å². The van der Waals surface area contributed by atoms with Crippen molar-refractivity contribution in [3.05, 3.63) is 0 Å². The number of methoxy groups -OCH3 is 3. The Morgan fingerprint density at radius 3 is 0.725 bits per heavy atom. The Balaban J connectivity index is -0.000000217. The van der Waals surface area contributed by atoms with Gasteiger partial charge in [0.1, 0.15) is 0 Å². The normalized spacial score (nSPS) is 16.1. The molecule has 2 aliphatic heterocycles. The molecule has 0 amide bonds. The van der Waals surface area contributed by atoms with E-state index in [-0.39, 0.29) is 119 Å². The molecule has 0 bridgehead atoms. The fraction of sp³-hybridized carbons (Fsp3) is 1.00. The molecule has 109 heavy (non-hydrogen) atoms. The fourth-order valence-electron chi connectivity index (χ4n) is 5.80. The minimum Gasteiger partial charge on any atom is -0.394 e. The van der Waals surface area contributed by atoms with E-state index < -0.39 is 75.2 Å². The smallest absolute Gasteiger partial charge is 0.355 e. The second kappa shape index (κ2) is 83.8. The summed E-state index contributed by atoms with van der Waals surface area (Å²) in [4.78, 5) is 3.98. The molecule has 0 saturated carbocycles. The van der Waals surface area contributed by atoms with Gasteiger partial charge in [-0.3, -0.25) is 41.1 Å². The number of rotatable bonds is 57. The van der Waals surface area contributed by atoms with Crippen molar-refractivity contribution in [1.82, 2.24) is 0 Å². The maximum absolute atomic E-state index is 11.8. The van der Waals surface area contributed by atoms with Crippen molar-refractivity contribution in [1.29, 1.82) is 0 Å². The van der Waals surface area contributed by atoms with Crippen LogP contribution in [0.4, 0.5) is 0 Å². The molecule has 2 saturated heterocycles. The maximum atomic E-state index is 11.8. The van der Waals surface area contributed by atoms with Crippen molar-refractivity contribution in [3.63, 3.8) is 0 Å². The van der Waals surface area contributed by atoms with Crippen LogP contribution in [0, 0.1) is 0 Å². The highest BCUT2D eigenvalue weighted by atomic mass is 31.2. The van der Waals surface area contributed by atoms with E-state index in [1.807, 2.05) is 0 Å². The van der Waals surface area contributed by atoms with Gasteiger partial charge in [-0.15, -0.1) is 4.67 Å². The van der Waals surface area contributed by atoms with Crippen molar-refractivity contribution in [3.8, 4) is 0 Å². The summed E-state index contributed by atoms with van der Waals surface area (Å²) in [5.74, 6) is 0. The second-order valence-electron chi connectivity index (χ2n) is 20.4. The number of aliphatic hydroxyl groups is 6. The molecule has 0 aromatic heterocycles. The summed E-state index contributed by atoms with van der Waals surface area (Å²) in [6.07, 6.45) is 2.77. The van der Waals surface area contributed by atoms with E-state index in [9.17, 15) is 41.1 Å². The Kier molecular flexibility index (Phi) is 94.4. The second-order valence-corrected chi connectivity index (χ2v) is 39.0. The zero-order valence-corrected chi connectivity index (χ0v) is 75.1. The molecule has 2 aliphatic rings. The highest BCUT2D eigenvalue weighted by molar-refractivity contribution is 7.55. The van der Waals surface area contributed by atoms with E-state index >= 15 is 0 Å². The third kappa shape index (κ3) is 109. The van der Waals surface area contributed by atoms with Crippen LogP contribution in [-0.2, 0) is 170 Å². The van der Waals surface area contributed by atoms with E-state index in [1.54, 1.807) is 49.0 Å². The molecule has 0 aromatic carbocycles. The molecule has 4 unspecified atom stereocenters. The van der Waals surface area contributed by atoms with Crippen LogP contribution in [0.5, 0.6) is 0 Å². The quantitative estimate of drug-likeness (QED) is 0.0109. The molecule has 4 atom stereocenters. The van der Waals surface area contributed by atoms with E-state index in [1.165, 1.54) is 67.1 Å². The Morgan fingerprint density at radius 1 is 0.284 bits per heavy atom. The lowest BCUT2D eigenvalue weighted by atomic mass is 10.3. The molecule has 0 aromatic rings. The highest BCUT2D eigenvalue weighted by Crippen LogP contribution is 2.49. The molecule has 2 rings (SSSR count). The summed E-state index contributed by atoms with van der Waals surface area (Å²) in [6, 6.07) is 0. The first-order chi connectivity index (χ1) is 51.3. The van der Waals surface area contributed by atoms with Gasteiger partial charge in [0.25, 0.3) is 0 Å². The Morgan fingerprint density at radius 2 is 0.495 bits per heavy atom. The number of hydrogen-bond donors (Lipinski definition) is 6. The minimum atomic E-state index is -3.27. The van der Waals surface area contributed by atoms with Crippen LogP contribution < -0.4 is 0 Å². The summed E-state index contributed by atoms with van der Waals surface area (Å²) in [5.41, 5.74) is 0. The molecular weight excluding hydrogens is 1650 g/mol. The number of hydrogen-bond acceptors (Lipinski definition) is 43. The van der Waals surface area contributed by atoms with Crippen LogP contribution in [0.25, 0.3) is 0 Å². The molecule has 0 aliphatic carbocycles. The fourth-order valence-corrected chi connectivity index (χ4v) is 13.7. The van der Waals surface area contributed by atoms with Crippen LogP contribution in [0.1, 0.15) is 47.0 Å². The molecule has 0 radical (unpaired) electrons. The van der Waals surface area contributed by atoms with Crippen molar-refractivity contribution in [2.45, 2.75) is 47.0 Å². The van der Waals surface area contributed by atoms with Gasteiger partial charge in [-0.05, 0) is 47.0 Å². The monoisotopic (exact) mass is 1790 g/mol. The maximum Gasteiger partial charge on any atom is 0.355 e. The summed E-state index contributed by atoms with van der Waals surface area (Å²) in [7, 11) is -19.7. The van der Waals surface area contributed by atoms with Crippen LogP contribution in [-0.4, -0.2) is 364 Å². The summed E-state index contributed by atoms with van der Waals surface area (Å²) < 4.78 is 232. The van der Waals surface area contributed by atoms with Crippen molar-refractivity contribution in [2.24, 2.45) is 0 Å². The van der Waals surface area contributed by atoms with Gasteiger partial charge in [-0.1, -0.05) is 0 Å². The predicted octanol–water partition coefficient (Wildman–Crippen LogP) is 8.37. The number of aliphatic hydroxyl groups excluding tert-OH is 6. The third-order valence-electron chi connectivity index (χ3n) is 10.3. The first kappa shape index (κ1) is 123. The third-order valence-corrected chi connectivity index (χ3v) is 22.1. The molecular formula is C57H137O43P9. The van der Waals surface area contributed by atoms with Crippen LogP contribution in [0.2, 0.25) is 0 Å². The van der Waals surface area contributed by atoms with Crippen molar-refractivity contribution >= 4 is 68.4 Å². The average Bonchev–Trinajstić information content (AvgIpc) is 1.33. The van der Waals surface area contributed by atoms with E-state index in [0.29, 0.717) is 119 Å². The first-order valence-electron chi connectivity index (χ1n) is 34.2. The molecule has 6 N–H and O–H groups in total. The molecule has 2 fully saturated rings. The van der Waals surface area contributed by atoms with Gasteiger partial charge >= 0.3 is 68.4 Å². The SMILES string of the molecule is CCOP(C)(=O)OCC.CCOP(C)(=O)OCCO.CCOP(C)(=O)OCCOCCO.COCCOCCOP(C)(=O)OC.COCCOCCOP(C)(=O)OCCOCCOC.CP(=O)(OCCO)OOCO.CP(=O)(OCCOCCO)OCCOCCO.CP1(=O)OCCCCO1.CP1(=O)OCCCO1. The lowest BCUT2D eigenvalue weighted by Gasteiger charge is -2.18. The Bertz CT molecular complexity index is 2310. The molecule has 668 valence electrons. The van der Waals surface area contributed by atoms with Crippen molar-refractivity contribution in [2.75, 3.05) is 333 Å². The lowest BCUT2D eigenvalue weighted by Crippen LogP contribution is -2.10. The Hall–Kier alpha value is 0.710. The van der Waals surface area contributed by atoms with Gasteiger partial charge in [0, 0.05) is 88.4 Å².